The van der Waals surface area contributed by atoms with E-state index in [1.165, 1.54) is 6.07 Å². The molecule has 0 aromatic heterocycles. The number of rotatable bonds is 3. The predicted octanol–water partition coefficient (Wildman–Crippen LogP) is 3.17. The van der Waals surface area contributed by atoms with E-state index in [1.54, 1.807) is 6.92 Å². The van der Waals surface area contributed by atoms with Crippen LogP contribution in [0.25, 0.3) is 0 Å². The van der Waals surface area contributed by atoms with Crippen LogP contribution < -0.4 is 4.74 Å². The number of hydrogen-bond acceptors (Lipinski definition) is 2. The van der Waals surface area contributed by atoms with Crippen LogP contribution in [0, 0.1) is 5.82 Å². The van der Waals surface area contributed by atoms with E-state index in [0.29, 0.717) is 6.42 Å². The fraction of sp³-hybridized carbons (Fsp3) is 0.400. The number of halogens is 4. The number of aliphatic hydroxyl groups excluding tert-OH is 1. The normalized spacial score (nSPS) is 13.6. The minimum Gasteiger partial charge on any atom is -0.403 e. The molecule has 1 N–H and O–H groups in total. The Bertz CT molecular complexity index is 362. The highest BCUT2D eigenvalue weighted by atomic mass is 19.4. The average Bonchev–Trinajstić information content (AvgIpc) is 2.18. The first kappa shape index (κ1) is 12.8. The number of aliphatic hydroxyl groups is 1. The summed E-state index contributed by atoms with van der Waals surface area (Å²) in [5.74, 6) is -2.05. The molecule has 0 unspecified atom stereocenters. The van der Waals surface area contributed by atoms with Crippen molar-refractivity contribution in [3.05, 3.63) is 29.6 Å². The van der Waals surface area contributed by atoms with E-state index in [9.17, 15) is 22.7 Å². The summed E-state index contributed by atoms with van der Waals surface area (Å²) in [5.41, 5.74) is 0.217. The molecule has 0 amide bonds. The van der Waals surface area contributed by atoms with E-state index in [1.807, 2.05) is 0 Å². The molecule has 2 nitrogen and oxygen atoms in total. The van der Waals surface area contributed by atoms with Crippen molar-refractivity contribution >= 4 is 0 Å². The zero-order valence-corrected chi connectivity index (χ0v) is 8.38. The fourth-order valence-corrected chi connectivity index (χ4v) is 1.17. The first-order chi connectivity index (χ1) is 7.33. The Morgan fingerprint density at radius 2 is 2.00 bits per heavy atom. The van der Waals surface area contributed by atoms with Crippen molar-refractivity contribution < 1.29 is 27.4 Å². The van der Waals surface area contributed by atoms with Gasteiger partial charge in [-0.1, -0.05) is 13.0 Å². The number of hydrogen-bond donors (Lipinski definition) is 1. The Morgan fingerprint density at radius 3 is 2.44 bits per heavy atom. The Balaban J connectivity index is 2.92. The maximum absolute atomic E-state index is 13.1. The largest absolute Gasteiger partial charge is 0.573 e. The lowest BCUT2D eigenvalue weighted by atomic mass is 10.1. The smallest absolute Gasteiger partial charge is 0.403 e. The molecule has 0 aliphatic carbocycles. The van der Waals surface area contributed by atoms with Crippen molar-refractivity contribution in [1.29, 1.82) is 0 Å². The first-order valence-corrected chi connectivity index (χ1v) is 4.56. The molecular formula is C10H10F4O2. The summed E-state index contributed by atoms with van der Waals surface area (Å²) in [7, 11) is 0. The first-order valence-electron chi connectivity index (χ1n) is 4.56. The summed E-state index contributed by atoms with van der Waals surface area (Å²) in [5, 5.41) is 9.35. The van der Waals surface area contributed by atoms with E-state index in [0.717, 1.165) is 12.1 Å². The lowest BCUT2D eigenvalue weighted by Crippen LogP contribution is -2.18. The fourth-order valence-electron chi connectivity index (χ4n) is 1.17. The topological polar surface area (TPSA) is 29.5 Å². The van der Waals surface area contributed by atoms with Gasteiger partial charge in [0.2, 0.25) is 0 Å². The third-order valence-electron chi connectivity index (χ3n) is 1.95. The molecule has 0 saturated carbocycles. The van der Waals surface area contributed by atoms with E-state index in [4.69, 9.17) is 0 Å². The van der Waals surface area contributed by atoms with Gasteiger partial charge in [0, 0.05) is 0 Å². The molecule has 0 heterocycles. The zero-order chi connectivity index (χ0) is 12.3. The molecule has 1 rings (SSSR count). The molecule has 6 heteroatoms. The monoisotopic (exact) mass is 238 g/mol. The molecule has 0 radical (unpaired) electrons. The van der Waals surface area contributed by atoms with E-state index >= 15 is 0 Å². The van der Waals surface area contributed by atoms with Crippen LogP contribution in [0.2, 0.25) is 0 Å². The van der Waals surface area contributed by atoms with Crippen molar-refractivity contribution in [2.75, 3.05) is 0 Å². The molecule has 90 valence electrons. The molecule has 1 aromatic carbocycles. The minimum atomic E-state index is -4.92. The maximum Gasteiger partial charge on any atom is 0.573 e. The Kier molecular flexibility index (Phi) is 3.74. The standard InChI is InChI=1S/C10H10F4O2/c1-2-8(15)6-3-4-9(7(11)5-6)16-10(12,13)14/h3-5,8,15H,2H2,1H3/t8-/m1/s1. The summed E-state index contributed by atoms with van der Waals surface area (Å²) in [6.45, 7) is 1.67. The van der Waals surface area contributed by atoms with E-state index in [2.05, 4.69) is 4.74 Å². The van der Waals surface area contributed by atoms with Crippen LogP contribution in [-0.4, -0.2) is 11.5 Å². The lowest BCUT2D eigenvalue weighted by molar-refractivity contribution is -0.275. The van der Waals surface area contributed by atoms with Gasteiger partial charge in [0.1, 0.15) is 0 Å². The summed E-state index contributed by atoms with van der Waals surface area (Å²) < 4.78 is 52.0. The molecule has 0 spiro atoms. The van der Waals surface area contributed by atoms with Gasteiger partial charge in [0.25, 0.3) is 0 Å². The SMILES string of the molecule is CC[C@@H](O)c1ccc(OC(F)(F)F)c(F)c1. The minimum absolute atomic E-state index is 0.217. The van der Waals surface area contributed by atoms with Crippen LogP contribution >= 0.6 is 0 Å². The number of alkyl halides is 3. The Hall–Kier alpha value is -1.30. The van der Waals surface area contributed by atoms with Crippen LogP contribution in [0.5, 0.6) is 5.75 Å². The summed E-state index contributed by atoms with van der Waals surface area (Å²) in [6.07, 6.45) is -5.47. The molecule has 0 saturated heterocycles. The van der Waals surface area contributed by atoms with Crippen molar-refractivity contribution in [2.24, 2.45) is 0 Å². The second-order valence-electron chi connectivity index (χ2n) is 3.16. The molecular weight excluding hydrogens is 228 g/mol. The van der Waals surface area contributed by atoms with Gasteiger partial charge >= 0.3 is 6.36 Å². The Morgan fingerprint density at radius 1 is 1.38 bits per heavy atom. The van der Waals surface area contributed by atoms with Crippen molar-refractivity contribution in [3.8, 4) is 5.75 Å². The third kappa shape index (κ3) is 3.37. The number of ether oxygens (including phenoxy) is 1. The molecule has 16 heavy (non-hydrogen) atoms. The third-order valence-corrected chi connectivity index (χ3v) is 1.95. The molecule has 0 bridgehead atoms. The molecule has 0 fully saturated rings. The van der Waals surface area contributed by atoms with Crippen molar-refractivity contribution in [3.63, 3.8) is 0 Å². The van der Waals surface area contributed by atoms with Gasteiger partial charge in [-0.25, -0.2) is 4.39 Å². The lowest BCUT2D eigenvalue weighted by Gasteiger charge is -2.12. The molecule has 0 aliphatic heterocycles. The van der Waals surface area contributed by atoms with Crippen LogP contribution in [0.1, 0.15) is 25.0 Å². The molecule has 0 aliphatic rings. The van der Waals surface area contributed by atoms with Crippen LogP contribution in [0.3, 0.4) is 0 Å². The molecule has 1 aromatic rings. The van der Waals surface area contributed by atoms with Gasteiger partial charge in [0.05, 0.1) is 6.10 Å². The van der Waals surface area contributed by atoms with Crippen molar-refractivity contribution in [2.45, 2.75) is 25.8 Å². The maximum atomic E-state index is 13.1. The predicted molar refractivity (Wildman–Crippen MR) is 48.3 cm³/mol. The average molecular weight is 238 g/mol. The van der Waals surface area contributed by atoms with Gasteiger partial charge in [-0.05, 0) is 24.1 Å². The summed E-state index contributed by atoms with van der Waals surface area (Å²) in [4.78, 5) is 0. The quantitative estimate of drug-likeness (QED) is 0.819. The summed E-state index contributed by atoms with van der Waals surface area (Å²) >= 11 is 0. The van der Waals surface area contributed by atoms with Crippen LogP contribution in [-0.2, 0) is 0 Å². The van der Waals surface area contributed by atoms with Gasteiger partial charge in [-0.2, -0.15) is 0 Å². The van der Waals surface area contributed by atoms with E-state index in [-0.39, 0.29) is 5.56 Å². The summed E-state index contributed by atoms with van der Waals surface area (Å²) in [6, 6.07) is 2.87. The van der Waals surface area contributed by atoms with Gasteiger partial charge < -0.3 is 9.84 Å². The second kappa shape index (κ2) is 4.69. The highest BCUT2D eigenvalue weighted by molar-refractivity contribution is 5.30. The van der Waals surface area contributed by atoms with Gasteiger partial charge in [0.15, 0.2) is 11.6 Å². The number of benzene rings is 1. The van der Waals surface area contributed by atoms with Crippen LogP contribution in [0.4, 0.5) is 17.6 Å². The molecule has 1 atom stereocenters. The van der Waals surface area contributed by atoms with Crippen LogP contribution in [0.15, 0.2) is 18.2 Å². The Labute approximate surface area is 89.5 Å². The second-order valence-corrected chi connectivity index (χ2v) is 3.16. The van der Waals surface area contributed by atoms with Gasteiger partial charge in [-0.3, -0.25) is 0 Å². The van der Waals surface area contributed by atoms with E-state index < -0.39 is 24.0 Å². The highest BCUT2D eigenvalue weighted by Crippen LogP contribution is 2.28. The van der Waals surface area contributed by atoms with Crippen molar-refractivity contribution in [1.82, 2.24) is 0 Å². The van der Waals surface area contributed by atoms with Gasteiger partial charge in [-0.15, -0.1) is 13.2 Å². The highest BCUT2D eigenvalue weighted by Gasteiger charge is 2.32. The zero-order valence-electron chi connectivity index (χ0n) is 8.38.